The summed E-state index contributed by atoms with van der Waals surface area (Å²) in [5, 5.41) is 4.29. The van der Waals surface area contributed by atoms with Gasteiger partial charge in [0.05, 0.1) is 0 Å². The van der Waals surface area contributed by atoms with Gasteiger partial charge in [-0.3, -0.25) is 0 Å². The van der Waals surface area contributed by atoms with Crippen molar-refractivity contribution in [2.75, 3.05) is 0 Å². The van der Waals surface area contributed by atoms with E-state index in [9.17, 15) is 4.79 Å². The number of nitrogens with one attached hydrogen (secondary N) is 1. The summed E-state index contributed by atoms with van der Waals surface area (Å²) in [6.45, 7) is 2.11. The molecule has 32 heavy (non-hydrogen) atoms. The zero-order chi connectivity index (χ0) is 22.7. The molecule has 3 nitrogen and oxygen atoms in total. The Bertz CT molecular complexity index is 1230. The van der Waals surface area contributed by atoms with Crippen LogP contribution in [0.2, 0.25) is 14.8 Å². The molecule has 0 aliphatic heterocycles. The molecular formula is C28H30N2OSn. The first-order valence-electron chi connectivity index (χ1n) is 11.2. The van der Waals surface area contributed by atoms with E-state index in [1.54, 1.807) is 0 Å². The van der Waals surface area contributed by atoms with Crippen LogP contribution in [0.15, 0.2) is 84.9 Å². The number of aromatic nitrogens is 1. The minimum absolute atomic E-state index is 0.00175. The van der Waals surface area contributed by atoms with Crippen molar-refractivity contribution in [1.82, 2.24) is 10.3 Å². The third-order valence-electron chi connectivity index (χ3n) is 5.83. The number of hydrogen-bond acceptors (Lipinski definition) is 2. The van der Waals surface area contributed by atoms with Gasteiger partial charge in [-0.2, -0.15) is 0 Å². The van der Waals surface area contributed by atoms with Crippen LogP contribution in [0.25, 0.3) is 22.2 Å². The molecule has 4 aromatic rings. The number of fused-ring (bicyclic) bond motifs is 1. The number of carbonyl (C=O) groups excluding carboxylic acids is 1. The summed E-state index contributed by atoms with van der Waals surface area (Å²) >= 11 is -2.81. The number of nitrogens with zero attached hydrogens (tertiary/aromatic N) is 1. The Kier molecular flexibility index (Phi) is 6.65. The van der Waals surface area contributed by atoms with E-state index in [1.165, 1.54) is 3.58 Å². The normalized spacial score (nSPS) is 12.5. The third kappa shape index (κ3) is 4.58. The van der Waals surface area contributed by atoms with Crippen molar-refractivity contribution in [3.8, 4) is 11.3 Å². The third-order valence-corrected chi connectivity index (χ3v) is 11.5. The topological polar surface area (TPSA) is 42.0 Å². The van der Waals surface area contributed by atoms with E-state index in [0.29, 0.717) is 0 Å². The van der Waals surface area contributed by atoms with Crippen molar-refractivity contribution in [3.05, 3.63) is 96.1 Å². The van der Waals surface area contributed by atoms with Crippen molar-refractivity contribution in [3.63, 3.8) is 0 Å². The monoisotopic (exact) mass is 530 g/mol. The van der Waals surface area contributed by atoms with Crippen LogP contribution in [0, 0.1) is 0 Å². The molecule has 0 aliphatic rings. The Morgan fingerprint density at radius 1 is 0.875 bits per heavy atom. The van der Waals surface area contributed by atoms with Crippen molar-refractivity contribution in [2.45, 2.75) is 34.2 Å². The molecule has 3 aromatic carbocycles. The average Bonchev–Trinajstić information content (AvgIpc) is 2.81. The summed E-state index contributed by atoms with van der Waals surface area (Å²) in [6, 6.07) is 28.5. The number of amides is 1. The predicted octanol–water partition coefficient (Wildman–Crippen LogP) is 6.33. The van der Waals surface area contributed by atoms with Crippen LogP contribution < -0.4 is 8.90 Å². The first kappa shape index (κ1) is 22.5. The summed E-state index contributed by atoms with van der Waals surface area (Å²) in [7, 11) is 0. The van der Waals surface area contributed by atoms with E-state index in [0.717, 1.165) is 39.7 Å². The molecule has 1 heterocycles. The summed E-state index contributed by atoms with van der Waals surface area (Å²) in [6.07, 6.45) is 0.832. The van der Waals surface area contributed by atoms with E-state index in [2.05, 4.69) is 51.3 Å². The van der Waals surface area contributed by atoms with Gasteiger partial charge in [-0.15, -0.1) is 0 Å². The molecule has 0 spiro atoms. The van der Waals surface area contributed by atoms with Gasteiger partial charge >= 0.3 is 195 Å². The van der Waals surface area contributed by atoms with Gasteiger partial charge in [0.2, 0.25) is 0 Å². The zero-order valence-electron chi connectivity index (χ0n) is 19.2. The van der Waals surface area contributed by atoms with E-state index >= 15 is 0 Å². The van der Waals surface area contributed by atoms with Crippen LogP contribution in [0.3, 0.4) is 0 Å². The Hall–Kier alpha value is -2.66. The molecule has 4 heteroatoms. The van der Waals surface area contributed by atoms with E-state index in [4.69, 9.17) is 4.98 Å². The Morgan fingerprint density at radius 3 is 2.09 bits per heavy atom. The van der Waals surface area contributed by atoms with Crippen LogP contribution in [0.1, 0.15) is 35.3 Å². The van der Waals surface area contributed by atoms with Crippen LogP contribution >= 0.6 is 0 Å². The quantitative estimate of drug-likeness (QED) is 0.297. The van der Waals surface area contributed by atoms with Crippen molar-refractivity contribution >= 4 is 38.8 Å². The minimum atomic E-state index is -2.81. The fourth-order valence-corrected chi connectivity index (χ4v) is 9.77. The molecular weight excluding hydrogens is 499 g/mol. The maximum atomic E-state index is 13.9. The average molecular weight is 529 g/mol. The zero-order valence-corrected chi connectivity index (χ0v) is 22.1. The number of para-hydroxylation sites is 1. The summed E-state index contributed by atoms with van der Waals surface area (Å²) in [5.41, 5.74) is 4.84. The molecule has 0 aliphatic carbocycles. The molecule has 162 valence electrons. The molecule has 0 saturated heterocycles. The molecule has 0 radical (unpaired) electrons. The fourth-order valence-electron chi connectivity index (χ4n) is 4.32. The SMILES string of the molecule is CC[C@H](NC(=O)c1[c]([Sn]([CH3])([CH3])[CH3])c(-c2ccccc2)nc2ccccc12)c1ccccc1. The molecule has 0 bridgehead atoms. The van der Waals surface area contributed by atoms with E-state index in [-0.39, 0.29) is 11.9 Å². The second kappa shape index (κ2) is 9.45. The van der Waals surface area contributed by atoms with Gasteiger partial charge < -0.3 is 0 Å². The molecule has 0 fully saturated rings. The molecule has 0 saturated carbocycles. The number of benzene rings is 3. The Morgan fingerprint density at radius 2 is 1.47 bits per heavy atom. The van der Waals surface area contributed by atoms with Gasteiger partial charge in [-0.1, -0.05) is 0 Å². The van der Waals surface area contributed by atoms with Gasteiger partial charge in [-0.25, -0.2) is 0 Å². The number of carbonyl (C=O) groups is 1. The molecule has 1 N–H and O–H groups in total. The molecule has 1 atom stereocenters. The van der Waals surface area contributed by atoms with Crippen LogP contribution in [-0.4, -0.2) is 29.3 Å². The van der Waals surface area contributed by atoms with E-state index < -0.39 is 18.4 Å². The maximum absolute atomic E-state index is 13.9. The molecule has 1 amide bonds. The van der Waals surface area contributed by atoms with Crippen molar-refractivity contribution < 1.29 is 4.79 Å². The van der Waals surface area contributed by atoms with Crippen molar-refractivity contribution in [2.24, 2.45) is 0 Å². The number of pyridine rings is 1. The van der Waals surface area contributed by atoms with Crippen molar-refractivity contribution in [1.29, 1.82) is 0 Å². The van der Waals surface area contributed by atoms with Gasteiger partial charge in [0, 0.05) is 0 Å². The standard InChI is InChI=1S/C25H21N2O.3CH3.Sn/c1-2-22(18-11-5-3-6-12-18)27-25(28)21-17-24(19-13-7-4-8-14-19)26-23-16-10-9-15-20(21)23;;;;/h3-16,22H,2H2,1H3,(H,27,28);3*1H3;/t22-;;;;/m0..../s1. The van der Waals surface area contributed by atoms with Gasteiger partial charge in [0.25, 0.3) is 0 Å². The van der Waals surface area contributed by atoms with Gasteiger partial charge in [0.1, 0.15) is 0 Å². The molecule has 1 aromatic heterocycles. The van der Waals surface area contributed by atoms with E-state index in [1.807, 2.05) is 60.7 Å². The summed E-state index contributed by atoms with van der Waals surface area (Å²) in [5.74, 6) is -0.00175. The van der Waals surface area contributed by atoms with Crippen LogP contribution in [0.5, 0.6) is 0 Å². The Balaban J connectivity index is 1.94. The molecule has 0 unspecified atom stereocenters. The van der Waals surface area contributed by atoms with Gasteiger partial charge in [0.15, 0.2) is 0 Å². The second-order valence-electron chi connectivity index (χ2n) is 9.19. The van der Waals surface area contributed by atoms with Crippen LogP contribution in [-0.2, 0) is 0 Å². The number of rotatable bonds is 6. The first-order chi connectivity index (χ1) is 15.4. The molecule has 4 rings (SSSR count). The predicted molar refractivity (Wildman–Crippen MR) is 137 cm³/mol. The fraction of sp³-hybridized carbons (Fsp3) is 0.214. The van der Waals surface area contributed by atoms with Crippen LogP contribution in [0.4, 0.5) is 0 Å². The Labute approximate surface area is 194 Å². The second-order valence-corrected chi connectivity index (χ2v) is 23.5. The van der Waals surface area contributed by atoms with Gasteiger partial charge in [-0.05, 0) is 0 Å². The summed E-state index contributed by atoms with van der Waals surface area (Å²) < 4.78 is 1.18. The summed E-state index contributed by atoms with van der Waals surface area (Å²) in [4.78, 5) is 26.1. The first-order valence-corrected chi connectivity index (χ1v) is 21.2. The number of hydrogen-bond donors (Lipinski definition) is 1.